The molecule has 0 unspecified atom stereocenters. The second-order valence-corrected chi connectivity index (χ2v) is 6.74. The van der Waals surface area contributed by atoms with Crippen LogP contribution >= 0.6 is 0 Å². The van der Waals surface area contributed by atoms with E-state index >= 15 is 0 Å². The molecule has 0 spiro atoms. The maximum atomic E-state index is 3.79. The second-order valence-electron chi connectivity index (χ2n) is 6.74. The molecule has 1 fully saturated rings. The lowest BCUT2D eigenvalue weighted by Crippen LogP contribution is -2.28. The van der Waals surface area contributed by atoms with Gasteiger partial charge in [0, 0.05) is 11.7 Å². The second kappa shape index (κ2) is 6.45. The summed E-state index contributed by atoms with van der Waals surface area (Å²) >= 11 is 0. The first-order valence-electron chi connectivity index (χ1n) is 7.93. The van der Waals surface area contributed by atoms with E-state index in [0.29, 0.717) is 12.0 Å². The molecule has 1 heteroatoms. The quantitative estimate of drug-likeness (QED) is 0.759. The zero-order valence-corrected chi connectivity index (χ0v) is 12.9. The fourth-order valence-corrected chi connectivity index (χ4v) is 3.28. The largest absolute Gasteiger partial charge is 0.382 e. The summed E-state index contributed by atoms with van der Waals surface area (Å²) in [6, 6.07) is 9.47. The highest BCUT2D eigenvalue weighted by Crippen LogP contribution is 2.32. The first kappa shape index (κ1) is 14.4. The molecule has 1 N–H and O–H groups in total. The molecule has 0 bridgehead atoms. The van der Waals surface area contributed by atoms with Gasteiger partial charge in [-0.25, -0.2) is 0 Å². The maximum Gasteiger partial charge on any atom is 0.0377 e. The monoisotopic (exact) mass is 259 g/mol. The van der Waals surface area contributed by atoms with Crippen molar-refractivity contribution in [2.24, 2.45) is 11.8 Å². The van der Waals surface area contributed by atoms with E-state index in [2.05, 4.69) is 57.3 Å². The molecule has 0 heterocycles. The average Bonchev–Trinajstić information content (AvgIpc) is 2.39. The van der Waals surface area contributed by atoms with Crippen molar-refractivity contribution < 1.29 is 0 Å². The Kier molecular flexibility index (Phi) is 4.90. The predicted octanol–water partition coefficient (Wildman–Crippen LogP) is 5.44. The Balaban J connectivity index is 1.96. The first-order chi connectivity index (χ1) is 9.08. The van der Waals surface area contributed by atoms with Gasteiger partial charge in [0.1, 0.15) is 0 Å². The highest BCUT2D eigenvalue weighted by atomic mass is 14.9. The number of rotatable bonds is 4. The molecule has 106 valence electrons. The maximum absolute atomic E-state index is 3.79. The lowest BCUT2D eigenvalue weighted by molar-refractivity contribution is 0.267. The van der Waals surface area contributed by atoms with Gasteiger partial charge in [-0.3, -0.25) is 0 Å². The number of hydrogen-bond acceptors (Lipinski definition) is 1. The lowest BCUT2D eigenvalue weighted by atomic mass is 9.79. The fraction of sp³-hybridized carbons (Fsp3) is 0.667. The van der Waals surface area contributed by atoms with E-state index in [1.54, 1.807) is 0 Å². The highest BCUT2D eigenvalue weighted by Gasteiger charge is 2.23. The molecular weight excluding hydrogens is 230 g/mol. The molecule has 1 aliphatic carbocycles. The highest BCUT2D eigenvalue weighted by molar-refractivity contribution is 5.53. The van der Waals surface area contributed by atoms with Gasteiger partial charge in [-0.2, -0.15) is 0 Å². The first-order valence-corrected chi connectivity index (χ1v) is 7.93. The summed E-state index contributed by atoms with van der Waals surface area (Å²) in [5, 5.41) is 3.79. The molecule has 1 saturated carbocycles. The lowest BCUT2D eigenvalue weighted by Gasteiger charge is -2.32. The van der Waals surface area contributed by atoms with Gasteiger partial charge in [0.05, 0.1) is 0 Å². The van der Waals surface area contributed by atoms with Gasteiger partial charge in [-0.15, -0.1) is 0 Å². The minimum atomic E-state index is 0.593. The van der Waals surface area contributed by atoms with Crippen LogP contribution in [0.25, 0.3) is 0 Å². The third kappa shape index (κ3) is 3.75. The van der Waals surface area contributed by atoms with Gasteiger partial charge in [0.15, 0.2) is 0 Å². The van der Waals surface area contributed by atoms with E-state index in [9.17, 15) is 0 Å². The zero-order valence-electron chi connectivity index (χ0n) is 12.9. The summed E-state index contributed by atoms with van der Waals surface area (Å²) < 4.78 is 0. The van der Waals surface area contributed by atoms with Crippen LogP contribution in [-0.2, 0) is 0 Å². The number of anilines is 1. The van der Waals surface area contributed by atoms with Crippen molar-refractivity contribution in [3.8, 4) is 0 Å². The van der Waals surface area contributed by atoms with Crippen LogP contribution in [0.1, 0.15) is 64.9 Å². The zero-order chi connectivity index (χ0) is 13.8. The number of benzene rings is 1. The summed E-state index contributed by atoms with van der Waals surface area (Å²) in [5.41, 5.74) is 2.80. The van der Waals surface area contributed by atoms with Crippen molar-refractivity contribution in [1.29, 1.82) is 0 Å². The van der Waals surface area contributed by atoms with Crippen LogP contribution in [0, 0.1) is 11.8 Å². The van der Waals surface area contributed by atoms with Crippen LogP contribution in [0.3, 0.4) is 0 Å². The van der Waals surface area contributed by atoms with Crippen LogP contribution in [0.15, 0.2) is 24.3 Å². The Bertz CT molecular complexity index is 386. The van der Waals surface area contributed by atoms with Crippen molar-refractivity contribution in [2.45, 2.75) is 65.3 Å². The minimum absolute atomic E-state index is 0.593. The van der Waals surface area contributed by atoms with E-state index in [1.165, 1.54) is 36.9 Å². The summed E-state index contributed by atoms with van der Waals surface area (Å²) in [5.74, 6) is 2.39. The van der Waals surface area contributed by atoms with E-state index in [0.717, 1.165) is 11.8 Å². The van der Waals surface area contributed by atoms with Crippen molar-refractivity contribution in [1.82, 2.24) is 0 Å². The van der Waals surface area contributed by atoms with E-state index in [1.807, 2.05) is 0 Å². The van der Waals surface area contributed by atoms with Gasteiger partial charge >= 0.3 is 0 Å². The van der Waals surface area contributed by atoms with Crippen LogP contribution in [-0.4, -0.2) is 6.04 Å². The predicted molar refractivity (Wildman–Crippen MR) is 84.7 cm³/mol. The van der Waals surface area contributed by atoms with E-state index in [4.69, 9.17) is 0 Å². The van der Waals surface area contributed by atoms with Crippen molar-refractivity contribution in [2.75, 3.05) is 5.32 Å². The molecule has 0 amide bonds. The molecule has 0 atom stereocenters. The Morgan fingerprint density at radius 1 is 0.947 bits per heavy atom. The Labute approximate surface area is 118 Å². The number of hydrogen-bond donors (Lipinski definition) is 1. The summed E-state index contributed by atoms with van der Waals surface area (Å²) in [4.78, 5) is 0. The number of para-hydroxylation sites is 1. The molecule has 1 aromatic rings. The topological polar surface area (TPSA) is 12.0 Å². The van der Waals surface area contributed by atoms with Crippen molar-refractivity contribution >= 4 is 5.69 Å². The van der Waals surface area contributed by atoms with Crippen LogP contribution in [0.5, 0.6) is 0 Å². The molecule has 0 aromatic heterocycles. The van der Waals surface area contributed by atoms with Gasteiger partial charge in [-0.05, 0) is 55.1 Å². The molecule has 0 radical (unpaired) electrons. The molecule has 1 nitrogen and oxygen atoms in total. The van der Waals surface area contributed by atoms with E-state index < -0.39 is 0 Å². The molecule has 1 aromatic carbocycles. The fourth-order valence-electron chi connectivity index (χ4n) is 3.28. The number of nitrogens with one attached hydrogen (secondary N) is 1. The molecule has 1 aliphatic rings. The van der Waals surface area contributed by atoms with Crippen LogP contribution in [0.2, 0.25) is 0 Å². The van der Waals surface area contributed by atoms with Gasteiger partial charge < -0.3 is 5.32 Å². The van der Waals surface area contributed by atoms with Gasteiger partial charge in [0.25, 0.3) is 0 Å². The normalized spacial score (nSPS) is 23.9. The van der Waals surface area contributed by atoms with Crippen molar-refractivity contribution in [3.63, 3.8) is 0 Å². The summed E-state index contributed by atoms with van der Waals surface area (Å²) in [6.07, 6.45) is 5.43. The minimum Gasteiger partial charge on any atom is -0.382 e. The third-order valence-corrected chi connectivity index (χ3v) is 4.66. The SMILES string of the molecule is CC(C)c1ccccc1NC1CCC(C(C)C)CC1. The van der Waals surface area contributed by atoms with E-state index in [-0.39, 0.29) is 0 Å². The molecule has 2 rings (SSSR count). The van der Waals surface area contributed by atoms with Crippen LogP contribution < -0.4 is 5.32 Å². The Hall–Kier alpha value is -0.980. The molecule has 0 aliphatic heterocycles. The molecular formula is C18H29N. The smallest absolute Gasteiger partial charge is 0.0377 e. The van der Waals surface area contributed by atoms with Gasteiger partial charge in [0.2, 0.25) is 0 Å². The molecule has 19 heavy (non-hydrogen) atoms. The van der Waals surface area contributed by atoms with Crippen molar-refractivity contribution in [3.05, 3.63) is 29.8 Å². The average molecular weight is 259 g/mol. The summed E-state index contributed by atoms with van der Waals surface area (Å²) in [7, 11) is 0. The Morgan fingerprint density at radius 3 is 2.16 bits per heavy atom. The third-order valence-electron chi connectivity index (χ3n) is 4.66. The Morgan fingerprint density at radius 2 is 1.58 bits per heavy atom. The van der Waals surface area contributed by atoms with Gasteiger partial charge in [-0.1, -0.05) is 45.9 Å². The van der Waals surface area contributed by atoms with Crippen LogP contribution in [0.4, 0.5) is 5.69 Å². The standard InChI is InChI=1S/C18H29N/c1-13(2)15-9-11-16(12-10-15)19-18-8-6-5-7-17(18)14(3)4/h5-8,13-16,19H,9-12H2,1-4H3. The summed E-state index contributed by atoms with van der Waals surface area (Å²) in [6.45, 7) is 9.28. The molecule has 0 saturated heterocycles.